The van der Waals surface area contributed by atoms with Gasteiger partial charge in [-0.15, -0.1) is 6.42 Å². The Labute approximate surface area is 124 Å². The van der Waals surface area contributed by atoms with Crippen LogP contribution in [0, 0.1) is 24.2 Å². The minimum atomic E-state index is -0.855. The number of likely N-dealkylation sites (tertiary alicyclic amines) is 1. The monoisotopic (exact) mass is 294 g/mol. The minimum absolute atomic E-state index is 0.142. The number of carboxylic acids is 1. The predicted octanol–water partition coefficient (Wildman–Crippen LogP) is 0.919. The number of nitrogens with zero attached hydrogens (tertiary/aromatic N) is 1. The normalized spacial score (nSPS) is 30.5. The lowest BCUT2D eigenvalue weighted by Crippen LogP contribution is -2.53. The van der Waals surface area contributed by atoms with E-state index in [9.17, 15) is 9.59 Å². The molecule has 6 nitrogen and oxygen atoms in total. The Morgan fingerprint density at radius 1 is 1.48 bits per heavy atom. The van der Waals surface area contributed by atoms with Crippen LogP contribution in [-0.4, -0.2) is 53.8 Å². The summed E-state index contributed by atoms with van der Waals surface area (Å²) in [6, 6.07) is -0.758. The number of ether oxygens (including phenoxy) is 1. The third-order valence-electron chi connectivity index (χ3n) is 4.09. The number of terminal acetylenes is 1. The fourth-order valence-corrected chi connectivity index (χ4v) is 3.03. The first-order valence-electron chi connectivity index (χ1n) is 7.37. The van der Waals surface area contributed by atoms with Gasteiger partial charge in [0.05, 0.1) is 12.0 Å². The van der Waals surface area contributed by atoms with Crippen LogP contribution in [0.25, 0.3) is 0 Å². The van der Waals surface area contributed by atoms with Gasteiger partial charge in [0.15, 0.2) is 0 Å². The largest absolute Gasteiger partial charge is 0.481 e. The highest BCUT2D eigenvalue weighted by Gasteiger charge is 2.33. The molecule has 0 saturated carbocycles. The molecule has 2 rings (SSSR count). The van der Waals surface area contributed by atoms with Gasteiger partial charge < -0.3 is 20.1 Å². The lowest BCUT2D eigenvalue weighted by atomic mass is 9.91. The molecule has 0 spiro atoms. The zero-order valence-corrected chi connectivity index (χ0v) is 12.2. The summed E-state index contributed by atoms with van der Waals surface area (Å²) < 4.78 is 5.50. The lowest BCUT2D eigenvalue weighted by Gasteiger charge is -2.35. The number of carboxylic acid groups (broad SMARTS) is 1. The first-order valence-corrected chi connectivity index (χ1v) is 7.37. The molecule has 0 aliphatic carbocycles. The van der Waals surface area contributed by atoms with Crippen molar-refractivity contribution >= 4 is 12.0 Å². The summed E-state index contributed by atoms with van der Waals surface area (Å²) in [5, 5.41) is 11.9. The van der Waals surface area contributed by atoms with E-state index in [4.69, 9.17) is 16.3 Å². The summed E-state index contributed by atoms with van der Waals surface area (Å²) in [6.45, 7) is 3.40. The number of piperidine rings is 1. The van der Waals surface area contributed by atoms with Gasteiger partial charge >= 0.3 is 12.0 Å². The zero-order chi connectivity index (χ0) is 15.4. The van der Waals surface area contributed by atoms with Crippen LogP contribution in [0.5, 0.6) is 0 Å². The van der Waals surface area contributed by atoms with Crippen LogP contribution in [0.1, 0.15) is 26.2 Å². The number of rotatable bonds is 3. The number of carbonyl (C=O) groups is 2. The van der Waals surface area contributed by atoms with Gasteiger partial charge in [0, 0.05) is 19.7 Å². The molecule has 2 aliphatic heterocycles. The van der Waals surface area contributed by atoms with Gasteiger partial charge in [-0.05, 0) is 25.2 Å². The highest BCUT2D eigenvalue weighted by atomic mass is 16.5. The molecule has 116 valence electrons. The van der Waals surface area contributed by atoms with E-state index in [1.54, 1.807) is 4.90 Å². The number of aliphatic carboxylic acids is 1. The van der Waals surface area contributed by atoms with Crippen molar-refractivity contribution in [2.24, 2.45) is 11.8 Å². The molecular formula is C15H22N2O4. The molecule has 0 aromatic rings. The topological polar surface area (TPSA) is 78.9 Å². The van der Waals surface area contributed by atoms with Gasteiger partial charge in [0.1, 0.15) is 6.04 Å². The van der Waals surface area contributed by atoms with E-state index in [2.05, 4.69) is 11.2 Å². The van der Waals surface area contributed by atoms with Crippen LogP contribution in [0.4, 0.5) is 4.79 Å². The molecule has 0 aromatic heterocycles. The maximum absolute atomic E-state index is 12.3. The van der Waals surface area contributed by atoms with Crippen molar-refractivity contribution < 1.29 is 19.4 Å². The average molecular weight is 294 g/mol. The highest BCUT2D eigenvalue weighted by molar-refractivity contribution is 5.77. The van der Waals surface area contributed by atoms with Gasteiger partial charge in [-0.25, -0.2) is 4.79 Å². The van der Waals surface area contributed by atoms with Gasteiger partial charge in [-0.2, -0.15) is 0 Å². The van der Waals surface area contributed by atoms with Crippen LogP contribution in [-0.2, 0) is 9.53 Å². The quantitative estimate of drug-likeness (QED) is 0.759. The van der Waals surface area contributed by atoms with Crippen molar-refractivity contribution in [2.45, 2.75) is 38.3 Å². The summed E-state index contributed by atoms with van der Waals surface area (Å²) in [6.07, 6.45) is 7.72. The number of carbonyl (C=O) groups excluding carboxylic acids is 1. The molecular weight excluding hydrogens is 272 g/mol. The minimum Gasteiger partial charge on any atom is -0.481 e. The molecule has 6 heteroatoms. The Bertz CT molecular complexity index is 439. The Hall–Kier alpha value is -1.74. The van der Waals surface area contributed by atoms with E-state index >= 15 is 0 Å². The summed E-state index contributed by atoms with van der Waals surface area (Å²) >= 11 is 0. The first-order chi connectivity index (χ1) is 10.0. The van der Waals surface area contributed by atoms with Crippen LogP contribution >= 0.6 is 0 Å². The number of amides is 2. The van der Waals surface area contributed by atoms with E-state index in [0.29, 0.717) is 19.6 Å². The van der Waals surface area contributed by atoms with Crippen molar-refractivity contribution in [1.82, 2.24) is 10.2 Å². The fraction of sp³-hybridized carbons (Fsp3) is 0.733. The summed E-state index contributed by atoms with van der Waals surface area (Å²) in [5.41, 5.74) is 0. The Balaban J connectivity index is 1.95. The Kier molecular flexibility index (Phi) is 5.07. The van der Waals surface area contributed by atoms with Crippen LogP contribution < -0.4 is 5.32 Å². The maximum atomic E-state index is 12.3. The summed E-state index contributed by atoms with van der Waals surface area (Å²) in [4.78, 5) is 25.0. The Morgan fingerprint density at radius 3 is 2.81 bits per heavy atom. The predicted molar refractivity (Wildman–Crippen MR) is 76.6 cm³/mol. The molecule has 21 heavy (non-hydrogen) atoms. The standard InChI is InChI=1S/C15H22N2O4/c1-3-12(13-5-4-6-21-13)16-15(20)17-8-10(2)7-11(9-17)14(18)19/h1,10-13H,4-9H2,2H3,(H,16,20)(H,18,19). The molecule has 2 heterocycles. The second-order valence-corrected chi connectivity index (χ2v) is 5.93. The molecule has 0 aromatic carbocycles. The summed E-state index contributed by atoms with van der Waals surface area (Å²) in [7, 11) is 0. The maximum Gasteiger partial charge on any atom is 0.318 e. The molecule has 2 N–H and O–H groups in total. The van der Waals surface area contributed by atoms with Crippen LogP contribution in [0.15, 0.2) is 0 Å². The van der Waals surface area contributed by atoms with Crippen molar-refractivity contribution in [3.05, 3.63) is 0 Å². The Morgan fingerprint density at radius 2 is 2.24 bits per heavy atom. The molecule has 4 atom stereocenters. The highest BCUT2D eigenvalue weighted by Crippen LogP contribution is 2.22. The van der Waals surface area contributed by atoms with E-state index in [-0.39, 0.29) is 24.6 Å². The molecule has 0 radical (unpaired) electrons. The molecule has 2 saturated heterocycles. The fourth-order valence-electron chi connectivity index (χ4n) is 3.03. The van der Waals surface area contributed by atoms with Crippen molar-refractivity contribution in [3.8, 4) is 12.3 Å². The third-order valence-corrected chi connectivity index (χ3v) is 4.09. The molecule has 0 bridgehead atoms. The van der Waals surface area contributed by atoms with Gasteiger partial charge in [-0.1, -0.05) is 12.8 Å². The van der Waals surface area contributed by atoms with Crippen molar-refractivity contribution in [2.75, 3.05) is 19.7 Å². The van der Waals surface area contributed by atoms with E-state index in [0.717, 1.165) is 12.8 Å². The number of hydrogen-bond donors (Lipinski definition) is 2. The number of urea groups is 1. The smallest absolute Gasteiger partial charge is 0.318 e. The van der Waals surface area contributed by atoms with Crippen LogP contribution in [0.2, 0.25) is 0 Å². The average Bonchev–Trinajstić information content (AvgIpc) is 2.97. The van der Waals surface area contributed by atoms with E-state index < -0.39 is 17.9 Å². The van der Waals surface area contributed by atoms with Crippen molar-refractivity contribution in [3.63, 3.8) is 0 Å². The molecule has 2 aliphatic rings. The number of hydrogen-bond acceptors (Lipinski definition) is 3. The second-order valence-electron chi connectivity index (χ2n) is 5.93. The van der Waals surface area contributed by atoms with Crippen molar-refractivity contribution in [1.29, 1.82) is 0 Å². The van der Waals surface area contributed by atoms with Gasteiger partial charge in [0.25, 0.3) is 0 Å². The SMILES string of the molecule is C#CC(NC(=O)N1CC(C)CC(C(=O)O)C1)C1CCCO1. The second kappa shape index (κ2) is 6.81. The lowest BCUT2D eigenvalue weighted by molar-refractivity contribution is -0.143. The third kappa shape index (κ3) is 3.88. The van der Waals surface area contributed by atoms with Crippen LogP contribution in [0.3, 0.4) is 0 Å². The number of nitrogens with one attached hydrogen (secondary N) is 1. The van der Waals surface area contributed by atoms with E-state index in [1.807, 2.05) is 6.92 Å². The molecule has 2 amide bonds. The van der Waals surface area contributed by atoms with Gasteiger partial charge in [0.2, 0.25) is 0 Å². The first kappa shape index (κ1) is 15.6. The van der Waals surface area contributed by atoms with E-state index in [1.165, 1.54) is 0 Å². The molecule has 2 fully saturated rings. The zero-order valence-electron chi connectivity index (χ0n) is 12.2. The molecule has 4 unspecified atom stereocenters. The van der Waals surface area contributed by atoms with Gasteiger partial charge in [-0.3, -0.25) is 4.79 Å². The summed E-state index contributed by atoms with van der Waals surface area (Å²) in [5.74, 6) is 1.36.